The van der Waals surface area contributed by atoms with Crippen molar-refractivity contribution >= 4 is 15.7 Å². The fourth-order valence-corrected chi connectivity index (χ4v) is 5.96. The second-order valence-corrected chi connectivity index (χ2v) is 11.9. The maximum atomic E-state index is 15.3. The van der Waals surface area contributed by atoms with E-state index in [2.05, 4.69) is 15.8 Å². The van der Waals surface area contributed by atoms with Crippen molar-refractivity contribution < 1.29 is 56.9 Å². The molecule has 0 amide bonds. The van der Waals surface area contributed by atoms with E-state index in [1.54, 1.807) is 6.08 Å². The predicted octanol–water partition coefficient (Wildman–Crippen LogP) is 8.91. The van der Waals surface area contributed by atoms with Crippen molar-refractivity contribution in [3.05, 3.63) is 53.4 Å². The zero-order valence-corrected chi connectivity index (χ0v) is 22.3. The summed E-state index contributed by atoms with van der Waals surface area (Å²) in [5.41, 5.74) is -7.81. The van der Waals surface area contributed by atoms with Crippen LogP contribution in [0.15, 0.2) is 30.3 Å². The molecular formula is C27H25F9O4S. The van der Waals surface area contributed by atoms with Crippen molar-refractivity contribution in [1.82, 2.24) is 0 Å². The molecule has 1 atom stereocenters. The Kier molecular flexibility index (Phi) is 8.64. The highest BCUT2D eigenvalue weighted by Crippen LogP contribution is 2.45. The number of rotatable bonds is 6. The maximum absolute atomic E-state index is 15.3. The number of halogens is 9. The molecule has 0 heterocycles. The molecular weight excluding hydrogens is 591 g/mol. The van der Waals surface area contributed by atoms with E-state index in [0.717, 1.165) is 44.2 Å². The van der Waals surface area contributed by atoms with Crippen molar-refractivity contribution in [3.63, 3.8) is 0 Å². The Labute approximate surface area is 230 Å². The van der Waals surface area contributed by atoms with Gasteiger partial charge < -0.3 is 8.92 Å². The Morgan fingerprint density at radius 2 is 1.34 bits per heavy atom. The van der Waals surface area contributed by atoms with Crippen LogP contribution in [0.1, 0.15) is 57.4 Å². The molecule has 0 bridgehead atoms. The van der Waals surface area contributed by atoms with Gasteiger partial charge in [-0.05, 0) is 67.6 Å². The lowest BCUT2D eigenvalue weighted by molar-refractivity contribution is -0.275. The summed E-state index contributed by atoms with van der Waals surface area (Å²) in [7, 11) is -6.63. The number of hydrogen-bond donors (Lipinski definition) is 0. The lowest BCUT2D eigenvalue weighted by Crippen LogP contribution is -2.28. The first-order valence-electron chi connectivity index (χ1n) is 12.7. The molecule has 2 aliphatic carbocycles. The van der Waals surface area contributed by atoms with Crippen LogP contribution in [-0.2, 0) is 10.1 Å². The van der Waals surface area contributed by atoms with Crippen molar-refractivity contribution in [3.8, 4) is 22.6 Å². The molecule has 2 aliphatic rings. The zero-order valence-electron chi connectivity index (χ0n) is 21.5. The Bertz CT molecular complexity index is 1420. The second kappa shape index (κ2) is 11.4. The van der Waals surface area contributed by atoms with Crippen LogP contribution in [0.4, 0.5) is 39.5 Å². The molecule has 0 aromatic heterocycles. The molecule has 1 saturated carbocycles. The minimum atomic E-state index is -6.63. The molecule has 0 spiro atoms. The molecule has 2 aromatic rings. The predicted molar refractivity (Wildman–Crippen MR) is 130 cm³/mol. The van der Waals surface area contributed by atoms with Gasteiger partial charge in [0.1, 0.15) is 0 Å². The van der Waals surface area contributed by atoms with Crippen LogP contribution in [-0.4, -0.2) is 20.3 Å². The van der Waals surface area contributed by atoms with Crippen LogP contribution in [0.2, 0.25) is 0 Å². The molecule has 226 valence electrons. The smallest absolute Gasteiger partial charge is 0.402 e. The van der Waals surface area contributed by atoms with Gasteiger partial charge in [0, 0.05) is 16.7 Å². The fraction of sp³-hybridized carbons (Fsp3) is 0.481. The lowest BCUT2D eigenvalue weighted by Gasteiger charge is -2.34. The monoisotopic (exact) mass is 616 g/mol. The first kappa shape index (κ1) is 31.0. The fourth-order valence-electron chi connectivity index (χ4n) is 5.48. The third-order valence-electron chi connectivity index (χ3n) is 7.66. The van der Waals surface area contributed by atoms with Gasteiger partial charge in [0.25, 0.3) is 0 Å². The van der Waals surface area contributed by atoms with Gasteiger partial charge >= 0.3 is 22.0 Å². The summed E-state index contributed by atoms with van der Waals surface area (Å²) in [6, 6.07) is 2.64. The molecule has 2 aromatic carbocycles. The summed E-state index contributed by atoms with van der Waals surface area (Å²) in [5, 5.41) is 0. The number of ether oxygens (including phenoxy) is 1. The van der Waals surface area contributed by atoms with Crippen LogP contribution in [0.5, 0.6) is 11.5 Å². The van der Waals surface area contributed by atoms with E-state index in [4.69, 9.17) is 0 Å². The van der Waals surface area contributed by atoms with E-state index in [-0.39, 0.29) is 11.6 Å². The quantitative estimate of drug-likeness (QED) is 0.185. The lowest BCUT2D eigenvalue weighted by atomic mass is 9.71. The molecule has 14 heteroatoms. The third-order valence-corrected chi connectivity index (χ3v) is 8.61. The molecule has 0 saturated heterocycles. The highest BCUT2D eigenvalue weighted by molar-refractivity contribution is 7.88. The average molecular weight is 617 g/mol. The van der Waals surface area contributed by atoms with E-state index in [0.29, 0.717) is 42.2 Å². The Morgan fingerprint density at radius 1 is 0.756 bits per heavy atom. The van der Waals surface area contributed by atoms with Gasteiger partial charge in [-0.25, -0.2) is 8.78 Å². The molecule has 0 aliphatic heterocycles. The zero-order chi connectivity index (χ0) is 30.3. The minimum Gasteiger partial charge on any atom is -0.402 e. The highest BCUT2D eigenvalue weighted by Gasteiger charge is 2.49. The molecule has 1 fully saturated rings. The summed E-state index contributed by atoms with van der Waals surface area (Å²) < 4.78 is 152. The van der Waals surface area contributed by atoms with Crippen LogP contribution in [0.25, 0.3) is 16.7 Å². The normalized spacial score (nSPS) is 22.3. The van der Waals surface area contributed by atoms with Crippen LogP contribution >= 0.6 is 0 Å². The highest BCUT2D eigenvalue weighted by atomic mass is 32.2. The standard InChI is InChI=1S/C27H25F9O4S/c1-14-2-4-15(5-3-14)16-6-8-17(9-7-16)18-10-11-19(23(29)22(18)28)20-12-13-21(39-26(31,32)33)24(30)25(20)40-41(37,38)27(34,35)36/h8,10-16H,2-7,9H2,1H3. The van der Waals surface area contributed by atoms with Crippen molar-refractivity contribution in [2.75, 3.05) is 0 Å². The van der Waals surface area contributed by atoms with Crippen molar-refractivity contribution in [1.29, 1.82) is 0 Å². The molecule has 4 rings (SSSR count). The molecule has 4 nitrogen and oxygen atoms in total. The topological polar surface area (TPSA) is 52.6 Å². The van der Waals surface area contributed by atoms with Gasteiger partial charge in [-0.15, -0.1) is 13.2 Å². The Hall–Kier alpha value is -2.90. The summed E-state index contributed by atoms with van der Waals surface area (Å²) in [4.78, 5) is 0. The van der Waals surface area contributed by atoms with Gasteiger partial charge in [0.15, 0.2) is 23.1 Å². The molecule has 0 radical (unpaired) electrons. The molecule has 0 N–H and O–H groups in total. The van der Waals surface area contributed by atoms with Crippen LogP contribution in [0, 0.1) is 35.2 Å². The van der Waals surface area contributed by atoms with Gasteiger partial charge in [0.05, 0.1) is 0 Å². The molecule has 1 unspecified atom stereocenters. The average Bonchev–Trinajstić information content (AvgIpc) is 2.88. The van der Waals surface area contributed by atoms with Gasteiger partial charge in [-0.3, -0.25) is 0 Å². The number of allylic oxidation sites excluding steroid dienone is 2. The summed E-state index contributed by atoms with van der Waals surface area (Å²) in [6.07, 6.45) is 2.58. The van der Waals surface area contributed by atoms with Crippen molar-refractivity contribution in [2.24, 2.45) is 17.8 Å². The van der Waals surface area contributed by atoms with Crippen LogP contribution < -0.4 is 8.92 Å². The van der Waals surface area contributed by atoms with Crippen molar-refractivity contribution in [2.45, 2.75) is 63.7 Å². The van der Waals surface area contributed by atoms with Gasteiger partial charge in [-0.2, -0.15) is 26.0 Å². The largest absolute Gasteiger partial charge is 0.573 e. The molecule has 41 heavy (non-hydrogen) atoms. The van der Waals surface area contributed by atoms with E-state index < -0.39 is 62.1 Å². The van der Waals surface area contributed by atoms with Gasteiger partial charge in [0.2, 0.25) is 5.82 Å². The minimum absolute atomic E-state index is 0.148. The summed E-state index contributed by atoms with van der Waals surface area (Å²) in [5.74, 6) is -7.54. The number of hydrogen-bond acceptors (Lipinski definition) is 4. The Morgan fingerprint density at radius 3 is 1.90 bits per heavy atom. The number of alkyl halides is 6. The third kappa shape index (κ3) is 6.78. The first-order chi connectivity index (χ1) is 19.0. The van der Waals surface area contributed by atoms with E-state index in [9.17, 15) is 39.2 Å². The van der Waals surface area contributed by atoms with E-state index in [1.165, 1.54) is 0 Å². The van der Waals surface area contributed by atoms with Crippen LogP contribution in [0.3, 0.4) is 0 Å². The van der Waals surface area contributed by atoms with Gasteiger partial charge in [-0.1, -0.05) is 38.0 Å². The first-order valence-corrected chi connectivity index (χ1v) is 14.2. The second-order valence-electron chi connectivity index (χ2n) is 10.4. The Balaban J connectivity index is 1.70. The van der Waals surface area contributed by atoms with E-state index in [1.807, 2.05) is 0 Å². The summed E-state index contributed by atoms with van der Waals surface area (Å²) >= 11 is 0. The van der Waals surface area contributed by atoms with E-state index >= 15 is 8.78 Å². The SMILES string of the molecule is CC1CCC(C2CC=C(c3ccc(-c4ccc(OC(F)(F)F)c(F)c4OS(=O)(=O)C(F)(F)F)c(F)c3F)CC2)CC1. The maximum Gasteiger partial charge on any atom is 0.573 e. The summed E-state index contributed by atoms with van der Waals surface area (Å²) in [6.45, 7) is 2.21. The number of benzene rings is 2.